The molecule has 0 aliphatic heterocycles. The van der Waals surface area contributed by atoms with Crippen molar-refractivity contribution < 1.29 is 18.7 Å². The molecular weight excluding hydrogens is 240 g/mol. The van der Waals surface area contributed by atoms with Gasteiger partial charge in [-0.05, 0) is 31.2 Å². The van der Waals surface area contributed by atoms with Crippen molar-refractivity contribution in [2.45, 2.75) is 6.92 Å². The second-order valence-electron chi connectivity index (χ2n) is 3.20. The number of ether oxygens (including phenoxy) is 1. The number of hydrogen-bond donors (Lipinski definition) is 0. The van der Waals surface area contributed by atoms with Crippen molar-refractivity contribution >= 4 is 23.6 Å². The maximum absolute atomic E-state index is 11.5. The third kappa shape index (κ3) is 2.45. The van der Waals surface area contributed by atoms with E-state index in [-0.39, 0.29) is 11.7 Å². The summed E-state index contributed by atoms with van der Waals surface area (Å²) in [5, 5.41) is 0. The quantitative estimate of drug-likeness (QED) is 0.618. The summed E-state index contributed by atoms with van der Waals surface area (Å²) in [6.07, 6.45) is 0.642. The van der Waals surface area contributed by atoms with E-state index < -0.39 is 0 Å². The molecule has 0 aliphatic carbocycles. The van der Waals surface area contributed by atoms with E-state index in [4.69, 9.17) is 9.15 Å². The molecule has 0 unspecified atom stereocenters. The SMILES string of the molecule is CCOC(=O)c1ccc(-c2ccc(C=O)o2)s1. The van der Waals surface area contributed by atoms with Gasteiger partial charge >= 0.3 is 5.97 Å². The molecule has 0 fully saturated rings. The Bertz CT molecular complexity index is 538. The van der Waals surface area contributed by atoms with Gasteiger partial charge < -0.3 is 9.15 Å². The Morgan fingerprint density at radius 2 is 2.24 bits per heavy atom. The number of furan rings is 1. The van der Waals surface area contributed by atoms with Crippen LogP contribution < -0.4 is 0 Å². The number of hydrogen-bond acceptors (Lipinski definition) is 5. The lowest BCUT2D eigenvalue weighted by atomic mass is 10.3. The van der Waals surface area contributed by atoms with E-state index in [1.54, 1.807) is 31.2 Å². The van der Waals surface area contributed by atoms with Crippen LogP contribution in [-0.2, 0) is 4.74 Å². The molecule has 2 rings (SSSR count). The van der Waals surface area contributed by atoms with E-state index in [0.717, 1.165) is 4.88 Å². The summed E-state index contributed by atoms with van der Waals surface area (Å²) in [6, 6.07) is 6.74. The lowest BCUT2D eigenvalue weighted by Gasteiger charge is -1.96. The lowest BCUT2D eigenvalue weighted by Crippen LogP contribution is -2.01. The zero-order valence-corrected chi connectivity index (χ0v) is 9.95. The number of carbonyl (C=O) groups excluding carboxylic acids is 2. The summed E-state index contributed by atoms with van der Waals surface area (Å²) >= 11 is 1.27. The summed E-state index contributed by atoms with van der Waals surface area (Å²) in [6.45, 7) is 2.11. The van der Waals surface area contributed by atoms with Crippen LogP contribution >= 0.6 is 11.3 Å². The summed E-state index contributed by atoms with van der Waals surface area (Å²) in [4.78, 5) is 23.2. The highest BCUT2D eigenvalue weighted by atomic mass is 32.1. The van der Waals surface area contributed by atoms with Gasteiger partial charge in [-0.25, -0.2) is 4.79 Å². The third-order valence-electron chi connectivity index (χ3n) is 2.07. The number of rotatable bonds is 4. The molecule has 0 radical (unpaired) electrons. The monoisotopic (exact) mass is 250 g/mol. The fraction of sp³-hybridized carbons (Fsp3) is 0.167. The van der Waals surface area contributed by atoms with Crippen molar-refractivity contribution in [2.24, 2.45) is 0 Å². The van der Waals surface area contributed by atoms with Crippen LogP contribution in [0.15, 0.2) is 28.7 Å². The molecule has 0 atom stereocenters. The van der Waals surface area contributed by atoms with E-state index >= 15 is 0 Å². The van der Waals surface area contributed by atoms with Crippen molar-refractivity contribution in [3.8, 4) is 10.6 Å². The fourth-order valence-corrected chi connectivity index (χ4v) is 2.19. The second-order valence-corrected chi connectivity index (χ2v) is 4.29. The minimum atomic E-state index is -0.342. The van der Waals surface area contributed by atoms with E-state index in [1.807, 2.05) is 0 Å². The Kier molecular flexibility index (Phi) is 3.39. The fourth-order valence-electron chi connectivity index (χ4n) is 1.33. The van der Waals surface area contributed by atoms with E-state index in [1.165, 1.54) is 11.3 Å². The molecule has 88 valence electrons. The van der Waals surface area contributed by atoms with Crippen LogP contribution in [0.25, 0.3) is 10.6 Å². The summed E-state index contributed by atoms with van der Waals surface area (Å²) in [5.41, 5.74) is 0. The second kappa shape index (κ2) is 4.97. The van der Waals surface area contributed by atoms with Gasteiger partial charge in [0.05, 0.1) is 11.5 Å². The topological polar surface area (TPSA) is 56.5 Å². The molecule has 0 aliphatic rings. The lowest BCUT2D eigenvalue weighted by molar-refractivity contribution is 0.0532. The van der Waals surface area contributed by atoms with Crippen LogP contribution in [0.2, 0.25) is 0 Å². The Balaban J connectivity index is 2.23. The van der Waals surface area contributed by atoms with Gasteiger partial charge in [0, 0.05) is 0 Å². The van der Waals surface area contributed by atoms with Gasteiger partial charge in [-0.15, -0.1) is 11.3 Å². The maximum Gasteiger partial charge on any atom is 0.348 e. The van der Waals surface area contributed by atoms with Crippen molar-refractivity contribution in [3.63, 3.8) is 0 Å². The smallest absolute Gasteiger partial charge is 0.348 e. The van der Waals surface area contributed by atoms with Gasteiger partial charge in [-0.3, -0.25) is 4.79 Å². The third-order valence-corrected chi connectivity index (χ3v) is 3.15. The molecule has 0 saturated heterocycles. The molecular formula is C12H10O4S. The average molecular weight is 250 g/mol. The Morgan fingerprint density at radius 3 is 2.88 bits per heavy atom. The summed E-state index contributed by atoms with van der Waals surface area (Å²) in [7, 11) is 0. The highest BCUT2D eigenvalue weighted by Crippen LogP contribution is 2.29. The van der Waals surface area contributed by atoms with Gasteiger partial charge in [-0.2, -0.15) is 0 Å². The number of esters is 1. The molecule has 2 aromatic rings. The van der Waals surface area contributed by atoms with Gasteiger partial charge in [0.25, 0.3) is 0 Å². The Labute approximate surface area is 102 Å². The molecule has 0 saturated carbocycles. The van der Waals surface area contributed by atoms with Crippen LogP contribution in [0.5, 0.6) is 0 Å². The largest absolute Gasteiger partial charge is 0.462 e. The van der Waals surface area contributed by atoms with Gasteiger partial charge in [-0.1, -0.05) is 0 Å². The number of thiophene rings is 1. The first kappa shape index (κ1) is 11.6. The van der Waals surface area contributed by atoms with Crippen LogP contribution in [0.1, 0.15) is 27.2 Å². The summed E-state index contributed by atoms with van der Waals surface area (Å²) in [5.74, 6) is 0.504. The number of carbonyl (C=O) groups is 2. The molecule has 0 N–H and O–H groups in total. The number of aldehydes is 1. The average Bonchev–Trinajstić information content (AvgIpc) is 2.98. The van der Waals surface area contributed by atoms with Gasteiger partial charge in [0.15, 0.2) is 12.0 Å². The van der Waals surface area contributed by atoms with Gasteiger partial charge in [0.2, 0.25) is 0 Å². The van der Waals surface area contributed by atoms with Crippen LogP contribution in [0.3, 0.4) is 0 Å². The zero-order chi connectivity index (χ0) is 12.3. The van der Waals surface area contributed by atoms with E-state index in [9.17, 15) is 9.59 Å². The molecule has 5 heteroatoms. The van der Waals surface area contributed by atoms with Crippen molar-refractivity contribution in [1.82, 2.24) is 0 Å². The Hall–Kier alpha value is -1.88. The molecule has 0 amide bonds. The van der Waals surface area contributed by atoms with Gasteiger partial charge in [0.1, 0.15) is 10.6 Å². The maximum atomic E-state index is 11.5. The predicted molar refractivity (Wildman–Crippen MR) is 63.4 cm³/mol. The minimum absolute atomic E-state index is 0.270. The van der Waals surface area contributed by atoms with Crippen LogP contribution in [0.4, 0.5) is 0 Å². The molecule has 0 bridgehead atoms. The summed E-state index contributed by atoms with van der Waals surface area (Å²) < 4.78 is 10.2. The van der Waals surface area contributed by atoms with Crippen molar-refractivity contribution in [3.05, 3.63) is 34.9 Å². The van der Waals surface area contributed by atoms with Crippen molar-refractivity contribution in [2.75, 3.05) is 6.61 Å². The van der Waals surface area contributed by atoms with Crippen LogP contribution in [-0.4, -0.2) is 18.9 Å². The standard InChI is InChI=1S/C12H10O4S/c1-2-15-12(14)11-6-5-10(17-11)9-4-3-8(7-13)16-9/h3-7H,2H2,1H3. The van der Waals surface area contributed by atoms with Crippen LogP contribution in [0, 0.1) is 0 Å². The first-order chi connectivity index (χ1) is 8.24. The molecule has 0 spiro atoms. The molecule has 17 heavy (non-hydrogen) atoms. The first-order valence-corrected chi connectivity index (χ1v) is 5.88. The predicted octanol–water partition coefficient (Wildman–Crippen LogP) is 3.00. The molecule has 4 nitrogen and oxygen atoms in total. The highest BCUT2D eigenvalue weighted by molar-refractivity contribution is 7.17. The normalized spacial score (nSPS) is 10.2. The highest BCUT2D eigenvalue weighted by Gasteiger charge is 2.12. The zero-order valence-electron chi connectivity index (χ0n) is 9.14. The first-order valence-electron chi connectivity index (χ1n) is 5.07. The Morgan fingerprint density at radius 1 is 1.41 bits per heavy atom. The van der Waals surface area contributed by atoms with Crippen molar-refractivity contribution in [1.29, 1.82) is 0 Å². The molecule has 0 aromatic carbocycles. The molecule has 2 heterocycles. The molecule has 2 aromatic heterocycles. The van der Waals surface area contributed by atoms with E-state index in [0.29, 0.717) is 23.5 Å². The minimum Gasteiger partial charge on any atom is -0.462 e. The van der Waals surface area contributed by atoms with E-state index in [2.05, 4.69) is 0 Å².